The van der Waals surface area contributed by atoms with E-state index in [0.717, 1.165) is 37.9 Å². The molecule has 1 aromatic rings. The van der Waals surface area contributed by atoms with Crippen molar-refractivity contribution in [3.05, 3.63) is 33.9 Å². The van der Waals surface area contributed by atoms with Crippen LogP contribution in [0.15, 0.2) is 18.2 Å². The zero-order chi connectivity index (χ0) is 15.1. The molecule has 0 saturated carbocycles. The van der Waals surface area contributed by atoms with Gasteiger partial charge in [0.05, 0.1) is 24.2 Å². The zero-order valence-electron chi connectivity index (χ0n) is 12.2. The second-order valence-corrected chi connectivity index (χ2v) is 5.08. The van der Waals surface area contributed by atoms with Gasteiger partial charge in [-0.15, -0.1) is 0 Å². The lowest BCUT2D eigenvalue weighted by molar-refractivity contribution is -0.384. The summed E-state index contributed by atoms with van der Waals surface area (Å²) in [4.78, 5) is 10.3. The van der Waals surface area contributed by atoms with Gasteiger partial charge in [-0.25, -0.2) is 0 Å². The van der Waals surface area contributed by atoms with E-state index in [-0.39, 0.29) is 12.0 Å². The summed E-state index contributed by atoms with van der Waals surface area (Å²) in [5.41, 5.74) is 0.930. The molecule has 0 amide bonds. The van der Waals surface area contributed by atoms with Crippen molar-refractivity contribution in [2.45, 2.75) is 38.9 Å². The number of ether oxygens (including phenoxy) is 3. The van der Waals surface area contributed by atoms with Crippen LogP contribution in [0.4, 0.5) is 5.69 Å². The molecule has 1 heterocycles. The van der Waals surface area contributed by atoms with E-state index in [2.05, 4.69) is 0 Å². The third-order valence-electron chi connectivity index (χ3n) is 3.37. The fourth-order valence-corrected chi connectivity index (χ4v) is 2.16. The van der Waals surface area contributed by atoms with E-state index < -0.39 is 4.92 Å². The summed E-state index contributed by atoms with van der Waals surface area (Å²) < 4.78 is 16.7. The molecule has 0 aliphatic carbocycles. The van der Waals surface area contributed by atoms with Crippen LogP contribution in [0.5, 0.6) is 5.75 Å². The molecule has 1 aromatic carbocycles. The lowest BCUT2D eigenvalue weighted by Crippen LogP contribution is -2.23. The topological polar surface area (TPSA) is 70.8 Å². The van der Waals surface area contributed by atoms with Crippen LogP contribution >= 0.6 is 0 Å². The Bertz CT molecular complexity index is 471. The van der Waals surface area contributed by atoms with Gasteiger partial charge < -0.3 is 14.2 Å². The van der Waals surface area contributed by atoms with Crippen molar-refractivity contribution in [1.82, 2.24) is 0 Å². The van der Waals surface area contributed by atoms with Crippen LogP contribution in [0.2, 0.25) is 0 Å². The maximum Gasteiger partial charge on any atom is 0.273 e. The van der Waals surface area contributed by atoms with Crippen molar-refractivity contribution >= 4 is 5.69 Å². The Labute approximate surface area is 124 Å². The Morgan fingerprint density at radius 3 is 2.95 bits per heavy atom. The standard InChI is InChI=1S/C15H21NO5/c1-12-6-7-13(16(17)18)11-14(12)19-9-4-10-21-15-5-2-3-8-20-15/h6-7,11,15H,2-5,8-10H2,1H3. The Morgan fingerprint density at radius 2 is 2.24 bits per heavy atom. The summed E-state index contributed by atoms with van der Waals surface area (Å²) >= 11 is 0. The minimum Gasteiger partial charge on any atom is -0.493 e. The second kappa shape index (κ2) is 7.95. The van der Waals surface area contributed by atoms with Crippen LogP contribution in [0, 0.1) is 17.0 Å². The maximum atomic E-state index is 10.7. The molecular weight excluding hydrogens is 274 g/mol. The van der Waals surface area contributed by atoms with Crippen molar-refractivity contribution in [3.63, 3.8) is 0 Å². The largest absolute Gasteiger partial charge is 0.493 e. The Hall–Kier alpha value is -1.66. The van der Waals surface area contributed by atoms with Crippen LogP contribution < -0.4 is 4.74 Å². The van der Waals surface area contributed by atoms with Gasteiger partial charge >= 0.3 is 0 Å². The Morgan fingerprint density at radius 1 is 1.38 bits per heavy atom. The molecular formula is C15H21NO5. The maximum absolute atomic E-state index is 10.7. The normalized spacial score (nSPS) is 18.4. The quantitative estimate of drug-likeness (QED) is 0.439. The van der Waals surface area contributed by atoms with E-state index in [9.17, 15) is 10.1 Å². The first-order chi connectivity index (χ1) is 10.2. The van der Waals surface area contributed by atoms with Gasteiger partial charge in [-0.05, 0) is 37.8 Å². The molecule has 1 saturated heterocycles. The van der Waals surface area contributed by atoms with Crippen LogP contribution in [-0.2, 0) is 9.47 Å². The number of nitro benzene ring substituents is 1. The van der Waals surface area contributed by atoms with E-state index >= 15 is 0 Å². The first-order valence-electron chi connectivity index (χ1n) is 7.28. The molecule has 0 bridgehead atoms. The van der Waals surface area contributed by atoms with E-state index in [4.69, 9.17) is 14.2 Å². The molecule has 116 valence electrons. The minimum absolute atomic E-state index is 0.0439. The molecule has 1 unspecified atom stereocenters. The monoisotopic (exact) mass is 295 g/mol. The molecule has 2 rings (SSSR count). The fourth-order valence-electron chi connectivity index (χ4n) is 2.16. The number of non-ortho nitro benzene ring substituents is 1. The van der Waals surface area contributed by atoms with Crippen LogP contribution in [0.1, 0.15) is 31.2 Å². The molecule has 0 radical (unpaired) electrons. The summed E-state index contributed by atoms with van der Waals surface area (Å²) in [5.74, 6) is 0.554. The zero-order valence-corrected chi connectivity index (χ0v) is 12.2. The summed E-state index contributed by atoms with van der Waals surface area (Å²) in [6, 6.07) is 4.63. The van der Waals surface area contributed by atoms with Crippen molar-refractivity contribution in [2.24, 2.45) is 0 Å². The van der Waals surface area contributed by atoms with E-state index in [0.29, 0.717) is 19.0 Å². The summed E-state index contributed by atoms with van der Waals surface area (Å²) in [5, 5.41) is 10.7. The van der Waals surface area contributed by atoms with Crippen molar-refractivity contribution in [2.75, 3.05) is 19.8 Å². The summed E-state index contributed by atoms with van der Waals surface area (Å²) in [7, 11) is 0. The lowest BCUT2D eigenvalue weighted by atomic mass is 10.2. The number of hydrogen-bond acceptors (Lipinski definition) is 5. The van der Waals surface area contributed by atoms with Gasteiger partial charge in [-0.1, -0.05) is 0 Å². The van der Waals surface area contributed by atoms with E-state index in [1.807, 2.05) is 6.92 Å². The van der Waals surface area contributed by atoms with Crippen LogP contribution in [-0.4, -0.2) is 31.0 Å². The van der Waals surface area contributed by atoms with Gasteiger partial charge in [-0.3, -0.25) is 10.1 Å². The van der Waals surface area contributed by atoms with Gasteiger partial charge in [0.15, 0.2) is 6.29 Å². The molecule has 6 nitrogen and oxygen atoms in total. The molecule has 1 aliphatic rings. The molecule has 0 spiro atoms. The molecule has 1 aliphatic heterocycles. The summed E-state index contributed by atoms with van der Waals surface area (Å²) in [6.07, 6.45) is 3.84. The lowest BCUT2D eigenvalue weighted by Gasteiger charge is -2.22. The minimum atomic E-state index is -0.421. The van der Waals surface area contributed by atoms with Gasteiger partial charge in [0.25, 0.3) is 5.69 Å². The first-order valence-corrected chi connectivity index (χ1v) is 7.28. The highest BCUT2D eigenvalue weighted by molar-refractivity contribution is 5.43. The molecule has 1 fully saturated rings. The number of hydrogen-bond donors (Lipinski definition) is 0. The Kier molecular flexibility index (Phi) is 5.95. The highest BCUT2D eigenvalue weighted by atomic mass is 16.7. The van der Waals surface area contributed by atoms with Crippen LogP contribution in [0.25, 0.3) is 0 Å². The fraction of sp³-hybridized carbons (Fsp3) is 0.600. The SMILES string of the molecule is Cc1ccc([N+](=O)[O-])cc1OCCCOC1CCCCO1. The number of nitro groups is 1. The molecule has 1 atom stereocenters. The smallest absolute Gasteiger partial charge is 0.273 e. The van der Waals surface area contributed by atoms with Crippen LogP contribution in [0.3, 0.4) is 0 Å². The van der Waals surface area contributed by atoms with E-state index in [1.54, 1.807) is 6.07 Å². The van der Waals surface area contributed by atoms with Gasteiger partial charge in [0.1, 0.15) is 5.75 Å². The van der Waals surface area contributed by atoms with E-state index in [1.165, 1.54) is 12.1 Å². The van der Waals surface area contributed by atoms with Gasteiger partial charge in [0.2, 0.25) is 0 Å². The number of rotatable bonds is 7. The first kappa shape index (κ1) is 15.7. The highest BCUT2D eigenvalue weighted by Gasteiger charge is 2.13. The molecule has 21 heavy (non-hydrogen) atoms. The predicted molar refractivity (Wildman–Crippen MR) is 77.5 cm³/mol. The average molecular weight is 295 g/mol. The molecule has 0 N–H and O–H groups in total. The molecule has 6 heteroatoms. The van der Waals surface area contributed by atoms with Gasteiger partial charge in [0, 0.05) is 19.1 Å². The predicted octanol–water partition coefficient (Wildman–Crippen LogP) is 3.22. The number of nitrogens with zero attached hydrogens (tertiary/aromatic N) is 1. The summed E-state index contributed by atoms with van der Waals surface area (Å²) in [6.45, 7) is 3.67. The number of aryl methyl sites for hydroxylation is 1. The number of benzene rings is 1. The van der Waals surface area contributed by atoms with Crippen molar-refractivity contribution in [1.29, 1.82) is 0 Å². The van der Waals surface area contributed by atoms with Gasteiger partial charge in [-0.2, -0.15) is 0 Å². The average Bonchev–Trinajstić information content (AvgIpc) is 2.49. The second-order valence-electron chi connectivity index (χ2n) is 5.08. The molecule has 0 aromatic heterocycles. The highest BCUT2D eigenvalue weighted by Crippen LogP contribution is 2.24. The third-order valence-corrected chi connectivity index (χ3v) is 3.37. The Balaban J connectivity index is 1.70. The van der Waals surface area contributed by atoms with Crippen molar-refractivity contribution in [3.8, 4) is 5.75 Å². The third kappa shape index (κ3) is 4.99. The van der Waals surface area contributed by atoms with Crippen molar-refractivity contribution < 1.29 is 19.1 Å².